The van der Waals surface area contributed by atoms with Gasteiger partial charge in [0, 0.05) is 24.5 Å². The molecule has 0 atom stereocenters. The summed E-state index contributed by atoms with van der Waals surface area (Å²) in [4.78, 5) is 27.1. The predicted molar refractivity (Wildman–Crippen MR) is 101 cm³/mol. The number of hydrogen-bond donors (Lipinski definition) is 1. The number of anilines is 1. The third-order valence-corrected chi connectivity index (χ3v) is 4.33. The van der Waals surface area contributed by atoms with Crippen molar-refractivity contribution in [1.82, 2.24) is 20.3 Å². The molecule has 1 aromatic heterocycles. The molecule has 1 amide bonds. The number of aryl methyl sites for hydroxylation is 1. The molecule has 1 aromatic carbocycles. The van der Waals surface area contributed by atoms with Gasteiger partial charge in [0.15, 0.2) is 5.82 Å². The average Bonchev–Trinajstić information content (AvgIpc) is 2.71. The molecule has 0 bridgehead atoms. The number of methoxy groups -OCH3 is 1. The molecule has 27 heavy (non-hydrogen) atoms. The van der Waals surface area contributed by atoms with Crippen LogP contribution in [0.2, 0.25) is 5.02 Å². The molecule has 9 heteroatoms. The minimum Gasteiger partial charge on any atom is -0.467 e. The van der Waals surface area contributed by atoms with Crippen LogP contribution in [0.3, 0.4) is 0 Å². The summed E-state index contributed by atoms with van der Waals surface area (Å²) in [5.41, 5.74) is 1.02. The number of aromatic nitrogens is 3. The largest absolute Gasteiger partial charge is 0.467 e. The lowest BCUT2D eigenvalue weighted by molar-refractivity contribution is -0.121. The lowest BCUT2D eigenvalue weighted by Crippen LogP contribution is -2.37. The van der Waals surface area contributed by atoms with Crippen LogP contribution in [-0.2, 0) is 22.5 Å². The Hall–Kier alpha value is -2.45. The highest BCUT2D eigenvalue weighted by Gasteiger charge is 2.17. The van der Waals surface area contributed by atoms with Crippen molar-refractivity contribution < 1.29 is 14.3 Å². The number of hydrogen-bond acceptors (Lipinski definition) is 7. The van der Waals surface area contributed by atoms with Gasteiger partial charge in [-0.2, -0.15) is 15.0 Å². The molecule has 0 saturated carbocycles. The maximum atomic E-state index is 12.1. The third kappa shape index (κ3) is 5.77. The van der Waals surface area contributed by atoms with Gasteiger partial charge < -0.3 is 19.7 Å². The topological polar surface area (TPSA) is 89.5 Å². The fourth-order valence-electron chi connectivity index (χ4n) is 2.68. The van der Waals surface area contributed by atoms with Crippen molar-refractivity contribution >= 4 is 23.5 Å². The Balaban J connectivity index is 1.56. The molecule has 2 aromatic rings. The van der Waals surface area contributed by atoms with Crippen LogP contribution < -0.4 is 15.0 Å². The second-order valence-corrected chi connectivity index (χ2v) is 6.48. The molecule has 1 N–H and O–H groups in total. The van der Waals surface area contributed by atoms with E-state index in [9.17, 15) is 4.79 Å². The molecule has 0 radical (unpaired) electrons. The number of benzene rings is 1. The summed E-state index contributed by atoms with van der Waals surface area (Å²) in [5.74, 6) is 0.912. The van der Waals surface area contributed by atoms with Gasteiger partial charge in [-0.25, -0.2) is 0 Å². The summed E-state index contributed by atoms with van der Waals surface area (Å²) in [5, 5.41) is 3.51. The molecule has 144 valence electrons. The predicted octanol–water partition coefficient (Wildman–Crippen LogP) is 1.62. The molecule has 8 nitrogen and oxygen atoms in total. The average molecular weight is 392 g/mol. The maximum Gasteiger partial charge on any atom is 0.321 e. The van der Waals surface area contributed by atoms with E-state index in [0.29, 0.717) is 55.9 Å². The van der Waals surface area contributed by atoms with Crippen LogP contribution in [-0.4, -0.2) is 54.3 Å². The molecule has 1 saturated heterocycles. The summed E-state index contributed by atoms with van der Waals surface area (Å²) in [6, 6.07) is 7.73. The van der Waals surface area contributed by atoms with Crippen molar-refractivity contribution in [3.63, 3.8) is 0 Å². The molecule has 0 spiro atoms. The Kier molecular flexibility index (Phi) is 6.78. The van der Waals surface area contributed by atoms with Crippen LogP contribution in [0.4, 0.5) is 5.95 Å². The van der Waals surface area contributed by atoms with Crippen LogP contribution in [0.5, 0.6) is 6.01 Å². The van der Waals surface area contributed by atoms with E-state index in [0.717, 1.165) is 5.56 Å². The SMILES string of the molecule is COc1nc(CNC(=O)CCc2cccc(Cl)c2)nc(N2CCOCC2)n1. The van der Waals surface area contributed by atoms with Crippen LogP contribution in [0.25, 0.3) is 0 Å². The summed E-state index contributed by atoms with van der Waals surface area (Å²) in [6.07, 6.45) is 0.977. The van der Waals surface area contributed by atoms with Crippen LogP contribution in [0.1, 0.15) is 17.8 Å². The molecule has 2 heterocycles. The highest BCUT2D eigenvalue weighted by Crippen LogP contribution is 2.14. The number of ether oxygens (including phenoxy) is 2. The standard InChI is InChI=1S/C18H22ClN5O3/c1-26-18-22-15(21-17(23-18)24-7-9-27-10-8-24)12-20-16(25)6-5-13-3-2-4-14(19)11-13/h2-4,11H,5-10,12H2,1H3,(H,20,25). The second kappa shape index (κ2) is 9.48. The van der Waals surface area contributed by atoms with Gasteiger partial charge in [0.25, 0.3) is 0 Å². The zero-order valence-corrected chi connectivity index (χ0v) is 15.9. The first kappa shape index (κ1) is 19.3. The number of rotatable bonds is 7. The van der Waals surface area contributed by atoms with E-state index in [4.69, 9.17) is 21.1 Å². The zero-order chi connectivity index (χ0) is 19.1. The molecular weight excluding hydrogens is 370 g/mol. The molecule has 1 aliphatic heterocycles. The smallest absolute Gasteiger partial charge is 0.321 e. The lowest BCUT2D eigenvalue weighted by atomic mass is 10.1. The number of carbonyl (C=O) groups excluding carboxylic acids is 1. The summed E-state index contributed by atoms with van der Waals surface area (Å²) < 4.78 is 10.5. The van der Waals surface area contributed by atoms with Gasteiger partial charge in [0.2, 0.25) is 11.9 Å². The fourth-order valence-corrected chi connectivity index (χ4v) is 2.89. The van der Waals surface area contributed by atoms with Gasteiger partial charge in [-0.1, -0.05) is 23.7 Å². The molecule has 1 fully saturated rings. The summed E-state index contributed by atoms with van der Waals surface area (Å²) >= 11 is 5.96. The summed E-state index contributed by atoms with van der Waals surface area (Å²) in [7, 11) is 1.51. The highest BCUT2D eigenvalue weighted by molar-refractivity contribution is 6.30. The van der Waals surface area contributed by atoms with Crippen molar-refractivity contribution in [1.29, 1.82) is 0 Å². The van der Waals surface area contributed by atoms with E-state index in [1.54, 1.807) is 0 Å². The normalized spacial score (nSPS) is 14.1. The highest BCUT2D eigenvalue weighted by atomic mass is 35.5. The minimum atomic E-state index is -0.0812. The van der Waals surface area contributed by atoms with E-state index in [-0.39, 0.29) is 18.5 Å². The Bertz CT molecular complexity index is 783. The minimum absolute atomic E-state index is 0.0812. The molecule has 0 unspecified atom stereocenters. The third-order valence-electron chi connectivity index (χ3n) is 4.10. The first-order valence-corrected chi connectivity index (χ1v) is 9.14. The van der Waals surface area contributed by atoms with E-state index in [1.165, 1.54) is 7.11 Å². The van der Waals surface area contributed by atoms with Crippen LogP contribution in [0.15, 0.2) is 24.3 Å². The number of halogens is 1. The molecular formula is C18H22ClN5O3. The van der Waals surface area contributed by atoms with E-state index < -0.39 is 0 Å². The monoisotopic (exact) mass is 391 g/mol. The number of nitrogens with one attached hydrogen (secondary N) is 1. The summed E-state index contributed by atoms with van der Waals surface area (Å²) in [6.45, 7) is 2.88. The van der Waals surface area contributed by atoms with Crippen LogP contribution in [0, 0.1) is 0 Å². The van der Waals surface area contributed by atoms with Gasteiger partial charge in [-0.3, -0.25) is 4.79 Å². The van der Waals surface area contributed by atoms with Gasteiger partial charge in [-0.15, -0.1) is 0 Å². The quantitative estimate of drug-likeness (QED) is 0.767. The first-order valence-electron chi connectivity index (χ1n) is 8.77. The van der Waals surface area contributed by atoms with Crippen molar-refractivity contribution in [2.24, 2.45) is 0 Å². The Morgan fingerprint density at radius 2 is 2.11 bits per heavy atom. The molecule has 0 aliphatic carbocycles. The number of amides is 1. The van der Waals surface area contributed by atoms with E-state index >= 15 is 0 Å². The Morgan fingerprint density at radius 1 is 1.30 bits per heavy atom. The van der Waals surface area contributed by atoms with Gasteiger partial charge in [0.05, 0.1) is 26.9 Å². The molecule has 1 aliphatic rings. The van der Waals surface area contributed by atoms with Gasteiger partial charge >= 0.3 is 6.01 Å². The van der Waals surface area contributed by atoms with Crippen molar-refractivity contribution in [2.75, 3.05) is 38.3 Å². The van der Waals surface area contributed by atoms with Gasteiger partial charge in [0.1, 0.15) is 0 Å². The number of nitrogens with zero attached hydrogens (tertiary/aromatic N) is 4. The maximum absolute atomic E-state index is 12.1. The van der Waals surface area contributed by atoms with Crippen molar-refractivity contribution in [3.8, 4) is 6.01 Å². The van der Waals surface area contributed by atoms with Crippen LogP contribution >= 0.6 is 11.6 Å². The van der Waals surface area contributed by atoms with Crippen molar-refractivity contribution in [3.05, 3.63) is 40.7 Å². The second-order valence-electron chi connectivity index (χ2n) is 6.04. The Labute approximate surface area is 162 Å². The van der Waals surface area contributed by atoms with Crippen molar-refractivity contribution in [2.45, 2.75) is 19.4 Å². The first-order chi connectivity index (χ1) is 13.1. The molecule has 3 rings (SSSR count). The zero-order valence-electron chi connectivity index (χ0n) is 15.2. The lowest BCUT2D eigenvalue weighted by Gasteiger charge is -2.26. The van der Waals surface area contributed by atoms with E-state index in [2.05, 4.69) is 20.3 Å². The fraction of sp³-hybridized carbons (Fsp3) is 0.444. The van der Waals surface area contributed by atoms with E-state index in [1.807, 2.05) is 29.2 Å². The van der Waals surface area contributed by atoms with Gasteiger partial charge in [-0.05, 0) is 24.1 Å². The number of morpholine rings is 1. The Morgan fingerprint density at radius 3 is 2.85 bits per heavy atom. The number of carbonyl (C=O) groups is 1.